The van der Waals surface area contributed by atoms with Gasteiger partial charge < -0.3 is 15.4 Å². The minimum atomic E-state index is -0.696. The van der Waals surface area contributed by atoms with Gasteiger partial charge in [0.2, 0.25) is 0 Å². The van der Waals surface area contributed by atoms with Crippen LogP contribution >= 0.6 is 11.6 Å². The van der Waals surface area contributed by atoms with Crippen LogP contribution in [-0.2, 0) is 4.79 Å². The van der Waals surface area contributed by atoms with E-state index in [0.717, 1.165) is 12.8 Å². The van der Waals surface area contributed by atoms with Gasteiger partial charge in [-0.15, -0.1) is 0 Å². The van der Waals surface area contributed by atoms with Crippen LogP contribution in [0.5, 0.6) is 5.75 Å². The maximum atomic E-state index is 12.3. The summed E-state index contributed by atoms with van der Waals surface area (Å²) in [5, 5.41) is 6.22. The molecule has 0 spiro atoms. The maximum absolute atomic E-state index is 12.3. The first-order valence-corrected chi connectivity index (χ1v) is 8.98. The molecule has 0 radical (unpaired) electrons. The Kier molecular flexibility index (Phi) is 7.48. The molecule has 2 aromatic rings. The number of nitrogens with one attached hydrogen (secondary N) is 2. The van der Waals surface area contributed by atoms with Crippen molar-refractivity contribution in [3.8, 4) is 5.75 Å². The summed E-state index contributed by atoms with van der Waals surface area (Å²) >= 11 is 5.83. The summed E-state index contributed by atoms with van der Waals surface area (Å²) in [5.74, 6) is 0.101. The van der Waals surface area contributed by atoms with Crippen LogP contribution in [0, 0.1) is 0 Å². The standard InChI is InChI=1S/C20H23ClN2O3/c1-3-4-12-22-20(25)15-6-5-7-17(13-15)23-19(24)14(2)26-18-10-8-16(21)9-11-18/h5-11,13-14H,3-4,12H2,1-2H3,(H,22,25)(H,23,24). The largest absolute Gasteiger partial charge is 0.481 e. The molecule has 0 saturated carbocycles. The van der Waals surface area contributed by atoms with E-state index in [-0.39, 0.29) is 11.8 Å². The van der Waals surface area contributed by atoms with Gasteiger partial charge in [-0.2, -0.15) is 0 Å². The van der Waals surface area contributed by atoms with E-state index >= 15 is 0 Å². The second-order valence-electron chi connectivity index (χ2n) is 5.89. The smallest absolute Gasteiger partial charge is 0.265 e. The maximum Gasteiger partial charge on any atom is 0.265 e. The predicted molar refractivity (Wildman–Crippen MR) is 104 cm³/mol. The summed E-state index contributed by atoms with van der Waals surface area (Å²) in [6.45, 7) is 4.36. The van der Waals surface area contributed by atoms with E-state index in [1.54, 1.807) is 55.5 Å². The van der Waals surface area contributed by atoms with Crippen molar-refractivity contribution < 1.29 is 14.3 Å². The monoisotopic (exact) mass is 374 g/mol. The Balaban J connectivity index is 1.94. The normalized spacial score (nSPS) is 11.5. The molecular formula is C20H23ClN2O3. The number of carbonyl (C=O) groups is 2. The van der Waals surface area contributed by atoms with Crippen molar-refractivity contribution >= 4 is 29.1 Å². The van der Waals surface area contributed by atoms with Crippen molar-refractivity contribution in [3.63, 3.8) is 0 Å². The summed E-state index contributed by atoms with van der Waals surface area (Å²) in [4.78, 5) is 24.4. The molecule has 1 unspecified atom stereocenters. The fraction of sp³-hybridized carbons (Fsp3) is 0.300. The zero-order valence-electron chi connectivity index (χ0n) is 14.9. The lowest BCUT2D eigenvalue weighted by Crippen LogP contribution is -2.30. The molecule has 2 rings (SSSR count). The molecule has 1 atom stereocenters. The van der Waals surface area contributed by atoms with Crippen molar-refractivity contribution in [2.75, 3.05) is 11.9 Å². The Labute approximate surface area is 158 Å². The van der Waals surface area contributed by atoms with Crippen LogP contribution in [0.1, 0.15) is 37.0 Å². The zero-order chi connectivity index (χ0) is 18.9. The fourth-order valence-electron chi connectivity index (χ4n) is 2.23. The fourth-order valence-corrected chi connectivity index (χ4v) is 2.36. The molecule has 2 aromatic carbocycles. The van der Waals surface area contributed by atoms with E-state index < -0.39 is 6.10 Å². The number of hydrogen-bond donors (Lipinski definition) is 2. The average Bonchev–Trinajstić information content (AvgIpc) is 2.64. The van der Waals surface area contributed by atoms with E-state index in [1.807, 2.05) is 0 Å². The van der Waals surface area contributed by atoms with E-state index in [0.29, 0.717) is 28.6 Å². The second kappa shape index (κ2) is 9.82. The van der Waals surface area contributed by atoms with Crippen molar-refractivity contribution in [2.45, 2.75) is 32.8 Å². The molecule has 0 aliphatic carbocycles. The minimum absolute atomic E-state index is 0.153. The number of anilines is 1. The number of ether oxygens (including phenoxy) is 1. The number of amides is 2. The minimum Gasteiger partial charge on any atom is -0.481 e. The quantitative estimate of drug-likeness (QED) is 0.678. The molecule has 0 fully saturated rings. The number of rotatable bonds is 8. The SMILES string of the molecule is CCCCNC(=O)c1cccc(NC(=O)C(C)Oc2ccc(Cl)cc2)c1. The Hall–Kier alpha value is -2.53. The first kappa shape index (κ1) is 19.8. The first-order valence-electron chi connectivity index (χ1n) is 8.61. The van der Waals surface area contributed by atoms with Crippen LogP contribution in [0.2, 0.25) is 5.02 Å². The molecule has 2 N–H and O–H groups in total. The van der Waals surface area contributed by atoms with Crippen LogP contribution in [0.3, 0.4) is 0 Å². The van der Waals surface area contributed by atoms with Crippen LogP contribution < -0.4 is 15.4 Å². The Morgan fingerprint density at radius 1 is 1.15 bits per heavy atom. The second-order valence-corrected chi connectivity index (χ2v) is 6.33. The molecule has 0 aliphatic rings. The number of hydrogen-bond acceptors (Lipinski definition) is 3. The lowest BCUT2D eigenvalue weighted by atomic mass is 10.1. The summed E-state index contributed by atoms with van der Waals surface area (Å²) < 4.78 is 5.60. The lowest BCUT2D eigenvalue weighted by molar-refractivity contribution is -0.122. The molecule has 6 heteroatoms. The third-order valence-corrected chi connectivity index (χ3v) is 3.96. The summed E-state index contributed by atoms with van der Waals surface area (Å²) in [7, 11) is 0. The van der Waals surface area contributed by atoms with Gasteiger partial charge in [0.1, 0.15) is 5.75 Å². The van der Waals surface area contributed by atoms with Gasteiger partial charge in [-0.05, 0) is 55.8 Å². The van der Waals surface area contributed by atoms with Gasteiger partial charge in [0.05, 0.1) is 0 Å². The van der Waals surface area contributed by atoms with Gasteiger partial charge in [-0.1, -0.05) is 31.0 Å². The van der Waals surface area contributed by atoms with Gasteiger partial charge in [0, 0.05) is 22.8 Å². The molecule has 2 amide bonds. The van der Waals surface area contributed by atoms with Gasteiger partial charge in [0.25, 0.3) is 11.8 Å². The summed E-state index contributed by atoms with van der Waals surface area (Å²) in [6.07, 6.45) is 1.25. The first-order chi connectivity index (χ1) is 12.5. The van der Waals surface area contributed by atoms with Gasteiger partial charge >= 0.3 is 0 Å². The van der Waals surface area contributed by atoms with Gasteiger partial charge in [-0.3, -0.25) is 9.59 Å². The van der Waals surface area contributed by atoms with Crippen LogP contribution in [0.25, 0.3) is 0 Å². The zero-order valence-corrected chi connectivity index (χ0v) is 15.7. The number of carbonyl (C=O) groups excluding carboxylic acids is 2. The third kappa shape index (κ3) is 6.08. The Morgan fingerprint density at radius 2 is 1.88 bits per heavy atom. The predicted octanol–water partition coefficient (Wildman–Crippen LogP) is 4.28. The molecule has 0 heterocycles. The highest BCUT2D eigenvalue weighted by Crippen LogP contribution is 2.17. The average molecular weight is 375 g/mol. The summed E-state index contributed by atoms with van der Waals surface area (Å²) in [5.41, 5.74) is 1.05. The van der Waals surface area contributed by atoms with Gasteiger partial charge in [-0.25, -0.2) is 0 Å². The van der Waals surface area contributed by atoms with Crippen molar-refractivity contribution in [1.29, 1.82) is 0 Å². The van der Waals surface area contributed by atoms with Gasteiger partial charge in [0.15, 0.2) is 6.10 Å². The van der Waals surface area contributed by atoms with E-state index in [1.165, 1.54) is 0 Å². The summed E-state index contributed by atoms with van der Waals surface area (Å²) in [6, 6.07) is 13.6. The molecule has 0 bridgehead atoms. The molecular weight excluding hydrogens is 352 g/mol. The highest BCUT2D eigenvalue weighted by molar-refractivity contribution is 6.30. The highest BCUT2D eigenvalue weighted by atomic mass is 35.5. The van der Waals surface area contributed by atoms with Crippen molar-refractivity contribution in [3.05, 3.63) is 59.1 Å². The number of benzene rings is 2. The Bertz CT molecular complexity index is 747. The third-order valence-electron chi connectivity index (χ3n) is 3.70. The molecule has 26 heavy (non-hydrogen) atoms. The highest BCUT2D eigenvalue weighted by Gasteiger charge is 2.15. The molecule has 0 aliphatic heterocycles. The van der Waals surface area contributed by atoms with Crippen molar-refractivity contribution in [2.24, 2.45) is 0 Å². The molecule has 0 saturated heterocycles. The Morgan fingerprint density at radius 3 is 2.58 bits per heavy atom. The van der Waals surface area contributed by atoms with E-state index in [2.05, 4.69) is 17.6 Å². The molecule has 5 nitrogen and oxygen atoms in total. The van der Waals surface area contributed by atoms with Crippen LogP contribution in [-0.4, -0.2) is 24.5 Å². The topological polar surface area (TPSA) is 67.4 Å². The van der Waals surface area contributed by atoms with Crippen LogP contribution in [0.4, 0.5) is 5.69 Å². The van der Waals surface area contributed by atoms with E-state index in [9.17, 15) is 9.59 Å². The number of unbranched alkanes of at least 4 members (excludes halogenated alkanes) is 1. The van der Waals surface area contributed by atoms with Crippen molar-refractivity contribution in [1.82, 2.24) is 5.32 Å². The molecule has 138 valence electrons. The van der Waals surface area contributed by atoms with E-state index in [4.69, 9.17) is 16.3 Å². The molecule has 0 aromatic heterocycles. The lowest BCUT2D eigenvalue weighted by Gasteiger charge is -2.15. The number of halogens is 1. The van der Waals surface area contributed by atoms with Crippen LogP contribution in [0.15, 0.2) is 48.5 Å².